The summed E-state index contributed by atoms with van der Waals surface area (Å²) in [6.07, 6.45) is 0. The fourth-order valence-electron chi connectivity index (χ4n) is 4.24. The van der Waals surface area contributed by atoms with Crippen molar-refractivity contribution < 1.29 is 9.59 Å². The van der Waals surface area contributed by atoms with Gasteiger partial charge in [-0.15, -0.1) is 0 Å². The number of imide groups is 1. The van der Waals surface area contributed by atoms with Crippen LogP contribution in [0, 0.1) is 0 Å². The minimum absolute atomic E-state index is 0.235. The highest BCUT2D eigenvalue weighted by Gasteiger charge is 2.40. The van der Waals surface area contributed by atoms with E-state index < -0.39 is 0 Å². The van der Waals surface area contributed by atoms with Gasteiger partial charge in [-0.05, 0) is 62.4 Å². The molecule has 4 rings (SSSR count). The molecule has 0 spiro atoms. The molecule has 2 aromatic carbocycles. The second-order valence-corrected chi connectivity index (χ2v) is 8.86. The summed E-state index contributed by atoms with van der Waals surface area (Å²) in [5.41, 5.74) is 3.28. The molecule has 0 atom stereocenters. The molecular weight excluding hydrogens is 424 g/mol. The summed E-state index contributed by atoms with van der Waals surface area (Å²) < 4.78 is 0. The van der Waals surface area contributed by atoms with Crippen LogP contribution in [0.2, 0.25) is 5.02 Å². The first-order chi connectivity index (χ1) is 15.4. The van der Waals surface area contributed by atoms with Crippen LogP contribution in [0.15, 0.2) is 54.2 Å². The number of nitrogens with one attached hydrogen (secondary N) is 1. The first-order valence-electron chi connectivity index (χ1n) is 11.1. The Labute approximate surface area is 194 Å². The smallest absolute Gasteiger partial charge is 0.278 e. The largest absolute Gasteiger partial charge is 0.369 e. The van der Waals surface area contributed by atoms with Crippen LogP contribution in [-0.2, 0) is 9.59 Å². The van der Waals surface area contributed by atoms with Gasteiger partial charge in [0.2, 0.25) is 0 Å². The van der Waals surface area contributed by atoms with E-state index in [9.17, 15) is 9.59 Å². The van der Waals surface area contributed by atoms with E-state index in [2.05, 4.69) is 34.2 Å². The van der Waals surface area contributed by atoms with Crippen molar-refractivity contribution in [2.45, 2.75) is 26.8 Å². The maximum atomic E-state index is 13.1. The zero-order chi connectivity index (χ0) is 22.8. The van der Waals surface area contributed by atoms with E-state index >= 15 is 0 Å². The van der Waals surface area contributed by atoms with Gasteiger partial charge in [0.1, 0.15) is 5.70 Å². The van der Waals surface area contributed by atoms with Gasteiger partial charge in [-0.1, -0.05) is 30.7 Å². The lowest BCUT2D eigenvalue weighted by Crippen LogP contribution is -2.46. The lowest BCUT2D eigenvalue weighted by molar-refractivity contribution is -0.138. The Kier molecular flexibility index (Phi) is 6.53. The third-order valence-corrected chi connectivity index (χ3v) is 6.34. The van der Waals surface area contributed by atoms with Crippen LogP contribution in [0.4, 0.5) is 11.4 Å². The number of piperazine rings is 1. The third kappa shape index (κ3) is 4.38. The monoisotopic (exact) mass is 452 g/mol. The maximum absolute atomic E-state index is 13.1. The minimum atomic E-state index is -0.310. The second-order valence-electron chi connectivity index (χ2n) is 8.42. The van der Waals surface area contributed by atoms with E-state index in [1.165, 1.54) is 4.90 Å². The molecule has 0 bridgehead atoms. The molecule has 1 N–H and O–H groups in total. The molecule has 2 amide bonds. The molecule has 0 unspecified atom stereocenters. The number of amides is 2. The van der Waals surface area contributed by atoms with Gasteiger partial charge in [0.25, 0.3) is 11.8 Å². The van der Waals surface area contributed by atoms with Crippen LogP contribution in [0.5, 0.6) is 0 Å². The summed E-state index contributed by atoms with van der Waals surface area (Å²) in [7, 11) is 0. The van der Waals surface area contributed by atoms with Gasteiger partial charge in [0.05, 0.1) is 5.57 Å². The maximum Gasteiger partial charge on any atom is 0.278 e. The molecule has 0 saturated carbocycles. The number of benzene rings is 2. The number of rotatable bonds is 6. The highest BCUT2D eigenvalue weighted by Crippen LogP contribution is 2.32. The van der Waals surface area contributed by atoms with Gasteiger partial charge in [-0.25, -0.2) is 0 Å². The van der Waals surface area contributed by atoms with Crippen molar-refractivity contribution in [2.24, 2.45) is 0 Å². The van der Waals surface area contributed by atoms with E-state index in [0.29, 0.717) is 21.9 Å². The molecule has 1 fully saturated rings. The number of hydrogen-bond donors (Lipinski definition) is 1. The fraction of sp³-hybridized carbons (Fsp3) is 0.360. The number of halogens is 1. The summed E-state index contributed by atoms with van der Waals surface area (Å²) in [5, 5.41) is 3.80. The molecule has 2 heterocycles. The topological polar surface area (TPSA) is 55.9 Å². The van der Waals surface area contributed by atoms with Crippen LogP contribution in [0.1, 0.15) is 26.3 Å². The van der Waals surface area contributed by atoms with Gasteiger partial charge >= 0.3 is 0 Å². The molecule has 0 radical (unpaired) electrons. The Hall–Kier alpha value is -2.83. The van der Waals surface area contributed by atoms with Gasteiger partial charge in [-0.2, -0.15) is 0 Å². The standard InChI is InChI=1S/C25H29ClN4O2/c1-4-28-13-15-29(16-14-28)21-11-9-20(10-12-21)27-23-22(18-5-7-19(26)8-6-18)24(31)30(17(2)3)25(23)32/h5-12,17,27H,4,13-16H2,1-3H3. The van der Waals surface area contributed by atoms with Crippen molar-refractivity contribution >= 4 is 40.4 Å². The number of hydrogen-bond acceptors (Lipinski definition) is 5. The van der Waals surface area contributed by atoms with Crippen LogP contribution in [-0.4, -0.2) is 60.4 Å². The van der Waals surface area contributed by atoms with Gasteiger partial charge < -0.3 is 15.1 Å². The van der Waals surface area contributed by atoms with Gasteiger partial charge in [-0.3, -0.25) is 14.5 Å². The van der Waals surface area contributed by atoms with Gasteiger partial charge in [0.15, 0.2) is 0 Å². The minimum Gasteiger partial charge on any atom is -0.369 e. The Morgan fingerprint density at radius 2 is 1.53 bits per heavy atom. The number of carbonyl (C=O) groups is 2. The summed E-state index contributed by atoms with van der Waals surface area (Å²) in [6, 6.07) is 14.8. The molecule has 6 nitrogen and oxygen atoms in total. The zero-order valence-corrected chi connectivity index (χ0v) is 19.5. The second kappa shape index (κ2) is 9.35. The number of carbonyl (C=O) groups excluding carboxylic acids is 2. The molecule has 168 valence electrons. The molecule has 1 saturated heterocycles. The van der Waals surface area contributed by atoms with E-state index in [4.69, 9.17) is 11.6 Å². The Balaban J connectivity index is 1.59. The van der Waals surface area contributed by atoms with Crippen molar-refractivity contribution in [1.82, 2.24) is 9.80 Å². The quantitative estimate of drug-likeness (QED) is 0.669. The van der Waals surface area contributed by atoms with Crippen molar-refractivity contribution in [3.63, 3.8) is 0 Å². The fourth-order valence-corrected chi connectivity index (χ4v) is 4.36. The van der Waals surface area contributed by atoms with Gasteiger partial charge in [0, 0.05) is 48.6 Å². The average molecular weight is 453 g/mol. The average Bonchev–Trinajstić information content (AvgIpc) is 3.04. The Morgan fingerprint density at radius 1 is 0.906 bits per heavy atom. The van der Waals surface area contributed by atoms with Crippen LogP contribution >= 0.6 is 11.6 Å². The summed E-state index contributed by atoms with van der Waals surface area (Å²) in [5.74, 6) is -0.602. The van der Waals surface area contributed by atoms with Crippen LogP contribution in [0.25, 0.3) is 5.57 Å². The molecule has 7 heteroatoms. The molecule has 0 aliphatic carbocycles. The normalized spacial score (nSPS) is 17.7. The molecule has 2 aromatic rings. The Morgan fingerprint density at radius 3 is 2.09 bits per heavy atom. The van der Waals surface area contributed by atoms with Crippen LogP contribution < -0.4 is 10.2 Å². The lowest BCUT2D eigenvalue weighted by Gasteiger charge is -2.35. The van der Waals surface area contributed by atoms with E-state index in [0.717, 1.165) is 44.1 Å². The van der Waals surface area contributed by atoms with Crippen LogP contribution in [0.3, 0.4) is 0 Å². The predicted molar refractivity (Wildman–Crippen MR) is 130 cm³/mol. The highest BCUT2D eigenvalue weighted by molar-refractivity contribution is 6.37. The summed E-state index contributed by atoms with van der Waals surface area (Å²) in [6.45, 7) is 11.1. The highest BCUT2D eigenvalue weighted by atomic mass is 35.5. The molecular formula is C25H29ClN4O2. The summed E-state index contributed by atoms with van der Waals surface area (Å²) >= 11 is 6.02. The van der Waals surface area contributed by atoms with Crippen molar-refractivity contribution in [3.05, 3.63) is 64.8 Å². The first-order valence-corrected chi connectivity index (χ1v) is 11.5. The van der Waals surface area contributed by atoms with Crippen molar-refractivity contribution in [1.29, 1.82) is 0 Å². The number of nitrogens with zero attached hydrogens (tertiary/aromatic N) is 3. The number of anilines is 2. The molecule has 2 aliphatic heterocycles. The molecule has 0 aromatic heterocycles. The SMILES string of the molecule is CCN1CCN(c2ccc(NC3=C(c4ccc(Cl)cc4)C(=O)N(C(C)C)C3=O)cc2)CC1. The first kappa shape index (κ1) is 22.4. The third-order valence-electron chi connectivity index (χ3n) is 6.09. The van der Waals surface area contributed by atoms with Crippen molar-refractivity contribution in [3.8, 4) is 0 Å². The van der Waals surface area contributed by atoms with E-state index in [1.807, 2.05) is 26.0 Å². The van der Waals surface area contributed by atoms with E-state index in [-0.39, 0.29) is 17.9 Å². The van der Waals surface area contributed by atoms with E-state index in [1.54, 1.807) is 24.3 Å². The Bertz CT molecular complexity index is 1020. The van der Waals surface area contributed by atoms with Crippen molar-refractivity contribution in [2.75, 3.05) is 42.9 Å². The molecule has 2 aliphatic rings. The zero-order valence-electron chi connectivity index (χ0n) is 18.8. The lowest BCUT2D eigenvalue weighted by atomic mass is 10.0. The molecule has 32 heavy (non-hydrogen) atoms. The predicted octanol–water partition coefficient (Wildman–Crippen LogP) is 4.08. The summed E-state index contributed by atoms with van der Waals surface area (Å²) in [4.78, 5) is 32.4. The number of likely N-dealkylation sites (N-methyl/N-ethyl adjacent to an activating group) is 1.